The number of aromatic carboxylic acids is 4. The Morgan fingerprint density at radius 1 is 0.275 bits per heavy atom. The van der Waals surface area contributed by atoms with Crippen molar-refractivity contribution in [3.8, 4) is 67.3 Å². The fourth-order valence-corrected chi connectivity index (χ4v) is 14.7. The number of benzene rings is 10. The fraction of sp³-hybridized carbons (Fsp3) is 0.183. The third-order valence-electron chi connectivity index (χ3n) is 20.3. The number of halogens is 4. The maximum atomic E-state index is 13.7. The van der Waals surface area contributed by atoms with Gasteiger partial charge in [0.05, 0.1) is 67.1 Å². The van der Waals surface area contributed by atoms with Gasteiger partial charge < -0.3 is 20.4 Å². The largest absolute Gasteiger partial charge is 0.478 e. The first-order valence-electron chi connectivity index (χ1n) is 36.0. The second kappa shape index (κ2) is 32.7. The highest BCUT2D eigenvalue weighted by atomic mass is 19.1. The molecule has 4 heterocycles. The zero-order valence-corrected chi connectivity index (χ0v) is 62.9. The van der Waals surface area contributed by atoms with Gasteiger partial charge in [-0.25, -0.2) is 56.7 Å². The Labute approximate surface area is 630 Å². The van der Waals surface area contributed by atoms with Crippen LogP contribution < -0.4 is 0 Å². The molecule has 14 rings (SSSR count). The van der Waals surface area contributed by atoms with Gasteiger partial charge in [-0.2, -0.15) is 0 Å². The Hall–Kier alpha value is -12.6. The van der Waals surface area contributed by atoms with Crippen molar-refractivity contribution >= 4 is 67.5 Å². The molecule has 10 aromatic carbocycles. The van der Waals surface area contributed by atoms with E-state index in [0.29, 0.717) is 88.6 Å². The number of fused-ring (bicyclic) bond motifs is 4. The lowest BCUT2D eigenvalue weighted by Gasteiger charge is -2.15. The maximum absolute atomic E-state index is 13.7. The van der Waals surface area contributed by atoms with Crippen LogP contribution in [0.5, 0.6) is 0 Å². The topological polar surface area (TPSA) is 201 Å². The molecule has 0 atom stereocenters. The third-order valence-corrected chi connectivity index (χ3v) is 20.3. The number of carboxylic acids is 4. The first-order valence-corrected chi connectivity index (χ1v) is 36.0. The number of pyridine rings is 4. The third kappa shape index (κ3) is 16.1. The predicted molar refractivity (Wildman–Crippen MR) is 427 cm³/mol. The van der Waals surface area contributed by atoms with Crippen LogP contribution in [0, 0.1) is 85.6 Å². The number of nitrogens with zero attached hydrogens (tertiary/aromatic N) is 4. The number of aromatic nitrogens is 4. The first-order chi connectivity index (χ1) is 52.0. The average molecular weight is 1460 g/mol. The van der Waals surface area contributed by atoms with E-state index in [4.69, 9.17) is 0 Å². The molecule has 4 aromatic heterocycles. The van der Waals surface area contributed by atoms with Crippen LogP contribution in [0.25, 0.3) is 111 Å². The highest BCUT2D eigenvalue weighted by molar-refractivity contribution is 6.09. The molecule has 0 saturated heterocycles. The van der Waals surface area contributed by atoms with Crippen LogP contribution in [0.4, 0.5) is 17.6 Å². The number of aryl methyl sites for hydroxylation is 8. The van der Waals surface area contributed by atoms with E-state index in [9.17, 15) is 57.2 Å². The van der Waals surface area contributed by atoms with Crippen molar-refractivity contribution in [2.24, 2.45) is 0 Å². The van der Waals surface area contributed by atoms with E-state index in [2.05, 4.69) is 119 Å². The van der Waals surface area contributed by atoms with Crippen LogP contribution in [-0.4, -0.2) is 64.2 Å². The summed E-state index contributed by atoms with van der Waals surface area (Å²) in [7, 11) is 0. The normalized spacial score (nSPS) is 11.1. The Morgan fingerprint density at radius 2 is 0.569 bits per heavy atom. The summed E-state index contributed by atoms with van der Waals surface area (Å²) in [6.07, 6.45) is 3.81. The van der Waals surface area contributed by atoms with Gasteiger partial charge in [-0.05, 0) is 261 Å². The molecule has 12 nitrogen and oxygen atoms in total. The molecule has 16 heteroatoms. The lowest BCUT2D eigenvalue weighted by Crippen LogP contribution is -2.05. The van der Waals surface area contributed by atoms with E-state index in [-0.39, 0.29) is 22.3 Å². The van der Waals surface area contributed by atoms with Gasteiger partial charge in [0.1, 0.15) is 23.3 Å². The minimum atomic E-state index is -1.09. The first kappa shape index (κ1) is 77.5. The minimum Gasteiger partial charge on any atom is -0.478 e. The molecule has 4 N–H and O–H groups in total. The van der Waals surface area contributed by atoms with Crippen LogP contribution in [0.2, 0.25) is 0 Å². The maximum Gasteiger partial charge on any atom is 0.336 e. The molecule has 0 radical (unpaired) electrons. The summed E-state index contributed by atoms with van der Waals surface area (Å²) in [6, 6.07) is 55.0. The van der Waals surface area contributed by atoms with Crippen molar-refractivity contribution in [1.82, 2.24) is 19.9 Å². The SMILES string of the molecule is CCc1cc(-c2nc3ccc(F)cc3c(C(=O)O)c2C)ccc1C.CCc1cc(C)c(-c2ccc(-c3nc4ccc(F)cc4c(C(=O)O)c3C)cc2)c(C)c1.CCc1ccc(-c2nc3ccc(F)cc3c(C(=O)O)c2C)cc1.CCc1ccc(C)c(-c2ccc(-c3nc4ccc(F)cc4c(C(=O)O)c3C)cc2)c1C. The average Bonchev–Trinajstić information content (AvgIpc) is 0.774. The molecule has 0 spiro atoms. The summed E-state index contributed by atoms with van der Waals surface area (Å²) in [4.78, 5) is 65.8. The Kier molecular flexibility index (Phi) is 23.2. The lowest BCUT2D eigenvalue weighted by molar-refractivity contribution is 0.0687. The highest BCUT2D eigenvalue weighted by Crippen LogP contribution is 2.39. The zero-order chi connectivity index (χ0) is 78.6. The van der Waals surface area contributed by atoms with E-state index < -0.39 is 47.1 Å². The van der Waals surface area contributed by atoms with Crippen molar-refractivity contribution in [1.29, 1.82) is 0 Å². The van der Waals surface area contributed by atoms with Crippen LogP contribution in [0.3, 0.4) is 0 Å². The van der Waals surface area contributed by atoms with Crippen LogP contribution in [0.15, 0.2) is 188 Å². The molecule has 0 amide bonds. The van der Waals surface area contributed by atoms with Crippen LogP contribution in [0.1, 0.15) is 141 Å². The monoisotopic (exact) mass is 1460 g/mol. The number of rotatable bonds is 14. The second-order valence-electron chi connectivity index (χ2n) is 27.3. The summed E-state index contributed by atoms with van der Waals surface area (Å²) in [5.41, 5.74) is 26.1. The molecular formula is C93H82F4N4O8. The van der Waals surface area contributed by atoms with Crippen molar-refractivity contribution in [2.45, 2.75) is 116 Å². The summed E-state index contributed by atoms with van der Waals surface area (Å²) >= 11 is 0. The Bertz CT molecular complexity index is 5930. The standard InChI is InChI=1S/2C27H24FNO2.C20H18FNO2.C19H16FNO2/c1-5-18-12-15(2)24(16(3)13-18)19-6-8-20(9-7-19)26-17(4)25(27(30)31)22-14-21(28)10-11-23(22)29-26;1-5-18-7-6-15(2)24(16(18)3)19-8-10-20(11-9-19)26-17(4)25(27(30)31)22-14-21(28)12-13-23(22)29-26;1-4-13-9-14(6-5-11(13)2)19-12(3)18(20(23)24)16-10-15(21)7-8-17(16)22-19;1-3-12-4-6-13(7-5-12)18-11(2)17(19(22)23)15-10-14(20)8-9-16(15)21-18/h2*6-14H,5H2,1-4H3,(H,30,31);5-10H,4H2,1-3H3,(H,23,24);4-10H,3H2,1-2H3,(H,22,23). The molecule has 109 heavy (non-hydrogen) atoms. The van der Waals surface area contributed by atoms with Gasteiger partial charge in [-0.15, -0.1) is 0 Å². The van der Waals surface area contributed by atoms with E-state index in [1.165, 1.54) is 134 Å². The number of hydrogen-bond donors (Lipinski definition) is 4. The molecule has 550 valence electrons. The van der Waals surface area contributed by atoms with Gasteiger partial charge >= 0.3 is 23.9 Å². The van der Waals surface area contributed by atoms with Gasteiger partial charge in [0.15, 0.2) is 0 Å². The van der Waals surface area contributed by atoms with Gasteiger partial charge in [-0.1, -0.05) is 137 Å². The van der Waals surface area contributed by atoms with Gasteiger partial charge in [0.25, 0.3) is 0 Å². The quantitative estimate of drug-likeness (QED) is 0.0752. The van der Waals surface area contributed by atoms with Crippen molar-refractivity contribution in [3.63, 3.8) is 0 Å². The van der Waals surface area contributed by atoms with E-state index in [0.717, 1.165) is 59.1 Å². The second-order valence-corrected chi connectivity index (χ2v) is 27.3. The summed E-state index contributed by atoms with van der Waals surface area (Å²) in [5, 5.41) is 40.0. The molecule has 0 fully saturated rings. The van der Waals surface area contributed by atoms with Crippen molar-refractivity contribution in [3.05, 3.63) is 306 Å². The summed E-state index contributed by atoms with van der Waals surface area (Å²) in [6.45, 7) is 25.9. The van der Waals surface area contributed by atoms with E-state index in [1.54, 1.807) is 27.7 Å². The molecule has 0 aliphatic carbocycles. The number of carboxylic acid groups (broad SMARTS) is 4. The smallest absolute Gasteiger partial charge is 0.336 e. The van der Waals surface area contributed by atoms with Crippen LogP contribution >= 0.6 is 0 Å². The Morgan fingerprint density at radius 3 is 0.890 bits per heavy atom. The molecule has 0 saturated carbocycles. The molecule has 0 unspecified atom stereocenters. The molecule has 0 aliphatic heterocycles. The molecule has 0 aliphatic rings. The summed E-state index contributed by atoms with van der Waals surface area (Å²) in [5.74, 6) is -6.22. The van der Waals surface area contributed by atoms with Crippen LogP contribution in [-0.2, 0) is 25.7 Å². The lowest BCUT2D eigenvalue weighted by atomic mass is 9.90. The fourth-order valence-electron chi connectivity index (χ4n) is 14.7. The molecule has 14 aromatic rings. The van der Waals surface area contributed by atoms with E-state index >= 15 is 0 Å². The van der Waals surface area contributed by atoms with Gasteiger partial charge in [-0.3, -0.25) is 0 Å². The predicted octanol–water partition coefficient (Wildman–Crippen LogP) is 23.3. The molecule has 0 bridgehead atoms. The minimum absolute atomic E-state index is 0.0884. The van der Waals surface area contributed by atoms with Crippen molar-refractivity contribution in [2.75, 3.05) is 0 Å². The number of carbonyl (C=O) groups is 4. The highest BCUT2D eigenvalue weighted by Gasteiger charge is 2.25. The molecular weight excluding hydrogens is 1380 g/mol. The van der Waals surface area contributed by atoms with E-state index in [1.807, 2.05) is 78.9 Å². The van der Waals surface area contributed by atoms with Gasteiger partial charge in [0.2, 0.25) is 0 Å². The Balaban J connectivity index is 0.000000146. The van der Waals surface area contributed by atoms with Crippen molar-refractivity contribution < 1.29 is 57.2 Å². The van der Waals surface area contributed by atoms with Gasteiger partial charge in [0, 0.05) is 43.8 Å². The zero-order valence-electron chi connectivity index (χ0n) is 62.9. The summed E-state index contributed by atoms with van der Waals surface area (Å²) < 4.78 is 54.5. The number of hydrogen-bond acceptors (Lipinski definition) is 8.